The molecule has 3 rings (SSSR count). The second kappa shape index (κ2) is 8.27. The van der Waals surface area contributed by atoms with E-state index in [0.29, 0.717) is 29.0 Å². The maximum Gasteiger partial charge on any atom is 0.249 e. The molecular formula is C19H17FN2OS2. The van der Waals surface area contributed by atoms with Gasteiger partial charge in [-0.25, -0.2) is 4.39 Å². The van der Waals surface area contributed by atoms with Gasteiger partial charge in [0.1, 0.15) is 5.82 Å². The number of thiazole rings is 1. The van der Waals surface area contributed by atoms with E-state index in [4.69, 9.17) is 0 Å². The molecule has 0 atom stereocenters. The fourth-order valence-corrected chi connectivity index (χ4v) is 4.34. The molecule has 2 aromatic carbocycles. The van der Waals surface area contributed by atoms with Crippen LogP contribution in [0.3, 0.4) is 0 Å². The van der Waals surface area contributed by atoms with Gasteiger partial charge in [-0.05, 0) is 24.3 Å². The van der Waals surface area contributed by atoms with Crippen molar-refractivity contribution in [1.29, 1.82) is 0 Å². The lowest BCUT2D eigenvalue weighted by Gasteiger charge is -2.02. The van der Waals surface area contributed by atoms with Crippen LogP contribution in [0.2, 0.25) is 0 Å². The Morgan fingerprint density at radius 2 is 2.04 bits per heavy atom. The average molecular weight is 372 g/mol. The Hall–Kier alpha value is -2.18. The van der Waals surface area contributed by atoms with Crippen LogP contribution in [0.15, 0.2) is 71.1 Å². The van der Waals surface area contributed by atoms with Crippen LogP contribution in [0.25, 0.3) is 10.2 Å². The van der Waals surface area contributed by atoms with Gasteiger partial charge in [-0.15, -0.1) is 18.3 Å². The van der Waals surface area contributed by atoms with Crippen molar-refractivity contribution >= 4 is 39.2 Å². The molecule has 0 aliphatic carbocycles. The number of carbonyl (C=O) groups excluding carboxylic acids is 1. The second-order valence-electron chi connectivity index (χ2n) is 5.29. The number of para-hydroxylation sites is 1. The Balaban J connectivity index is 1.80. The summed E-state index contributed by atoms with van der Waals surface area (Å²) in [6.45, 7) is 4.12. The van der Waals surface area contributed by atoms with E-state index in [9.17, 15) is 9.18 Å². The summed E-state index contributed by atoms with van der Waals surface area (Å²) in [6, 6.07) is 14.8. The van der Waals surface area contributed by atoms with Crippen LogP contribution in [0, 0.1) is 5.82 Å². The minimum absolute atomic E-state index is 0.201. The zero-order valence-corrected chi connectivity index (χ0v) is 15.2. The second-order valence-corrected chi connectivity index (χ2v) is 7.46. The summed E-state index contributed by atoms with van der Waals surface area (Å²) >= 11 is 2.94. The summed E-state index contributed by atoms with van der Waals surface area (Å²) in [5, 5.41) is 0. The molecule has 0 aliphatic rings. The molecule has 3 nitrogen and oxygen atoms in total. The molecule has 1 amide bonds. The van der Waals surface area contributed by atoms with Gasteiger partial charge in [-0.3, -0.25) is 4.79 Å². The molecule has 0 radical (unpaired) electrons. The molecule has 0 spiro atoms. The van der Waals surface area contributed by atoms with Crippen molar-refractivity contribution in [3.05, 3.63) is 71.8 Å². The summed E-state index contributed by atoms with van der Waals surface area (Å²) in [4.78, 5) is 18.1. The van der Waals surface area contributed by atoms with Gasteiger partial charge in [0.05, 0.1) is 10.2 Å². The Morgan fingerprint density at radius 3 is 2.80 bits per heavy atom. The predicted molar refractivity (Wildman–Crippen MR) is 102 cm³/mol. The van der Waals surface area contributed by atoms with Crippen molar-refractivity contribution in [1.82, 2.24) is 4.57 Å². The number of benzene rings is 2. The molecule has 0 aliphatic heterocycles. The lowest BCUT2D eigenvalue weighted by molar-refractivity contribution is -0.117. The van der Waals surface area contributed by atoms with Crippen molar-refractivity contribution in [3.63, 3.8) is 0 Å². The molecule has 0 fully saturated rings. The summed E-state index contributed by atoms with van der Waals surface area (Å²) in [5.41, 5.74) is 0.470. The van der Waals surface area contributed by atoms with E-state index in [1.54, 1.807) is 28.5 Å². The van der Waals surface area contributed by atoms with E-state index in [-0.39, 0.29) is 11.7 Å². The molecular weight excluding hydrogens is 355 g/mol. The summed E-state index contributed by atoms with van der Waals surface area (Å²) in [6.07, 6.45) is 2.01. The van der Waals surface area contributed by atoms with E-state index in [2.05, 4.69) is 11.6 Å². The average Bonchev–Trinajstić information content (AvgIpc) is 2.95. The number of rotatable bonds is 6. The topological polar surface area (TPSA) is 34.4 Å². The van der Waals surface area contributed by atoms with Crippen molar-refractivity contribution in [3.8, 4) is 0 Å². The predicted octanol–water partition coefficient (Wildman–Crippen LogP) is 4.64. The van der Waals surface area contributed by atoms with E-state index in [0.717, 1.165) is 9.60 Å². The molecule has 128 valence electrons. The number of fused-ring (bicyclic) bond motifs is 1. The molecule has 1 aromatic heterocycles. The number of hydrogen-bond acceptors (Lipinski definition) is 3. The van der Waals surface area contributed by atoms with Gasteiger partial charge < -0.3 is 4.57 Å². The minimum Gasteiger partial charge on any atom is -0.310 e. The van der Waals surface area contributed by atoms with Gasteiger partial charge in [0, 0.05) is 23.6 Å². The lowest BCUT2D eigenvalue weighted by Crippen LogP contribution is -2.16. The van der Waals surface area contributed by atoms with Crippen molar-refractivity contribution in [2.75, 3.05) is 5.75 Å². The number of nitrogens with zero attached hydrogens (tertiary/aromatic N) is 2. The zero-order valence-electron chi connectivity index (χ0n) is 13.5. The first-order valence-corrected chi connectivity index (χ1v) is 9.63. The summed E-state index contributed by atoms with van der Waals surface area (Å²) < 4.78 is 16.6. The number of carbonyl (C=O) groups is 1. The first kappa shape index (κ1) is 17.6. The third-order valence-corrected chi connectivity index (χ3v) is 5.57. The third kappa shape index (κ3) is 4.27. The monoisotopic (exact) mass is 372 g/mol. The molecule has 1 heterocycles. The van der Waals surface area contributed by atoms with Crippen LogP contribution in [-0.2, 0) is 11.3 Å². The lowest BCUT2D eigenvalue weighted by atomic mass is 10.3. The molecule has 0 unspecified atom stereocenters. The van der Waals surface area contributed by atoms with E-state index in [1.165, 1.54) is 17.4 Å². The van der Waals surface area contributed by atoms with Gasteiger partial charge in [-0.2, -0.15) is 4.99 Å². The SMILES string of the molecule is C=CCn1c(=NC(=O)CCSc2ccccc2)sc2cccc(F)c21. The highest BCUT2D eigenvalue weighted by Gasteiger charge is 2.11. The maximum absolute atomic E-state index is 14.1. The molecule has 0 bridgehead atoms. The fraction of sp³-hybridized carbons (Fsp3) is 0.158. The van der Waals surface area contributed by atoms with Crippen molar-refractivity contribution in [2.24, 2.45) is 4.99 Å². The van der Waals surface area contributed by atoms with Gasteiger partial charge >= 0.3 is 0 Å². The standard InChI is InChI=1S/C19H17FN2OS2/c1-2-12-22-18-15(20)9-6-10-16(18)25-19(22)21-17(23)11-13-24-14-7-4-3-5-8-14/h2-10H,1,11-13H2. The summed E-state index contributed by atoms with van der Waals surface area (Å²) in [5.74, 6) is 0.143. The fourth-order valence-electron chi connectivity index (χ4n) is 2.41. The molecule has 3 aromatic rings. The Kier molecular flexibility index (Phi) is 5.83. The highest BCUT2D eigenvalue weighted by molar-refractivity contribution is 7.99. The first-order chi connectivity index (χ1) is 12.2. The number of hydrogen-bond donors (Lipinski definition) is 0. The van der Waals surface area contributed by atoms with Gasteiger partial charge in [0.15, 0.2) is 4.80 Å². The highest BCUT2D eigenvalue weighted by atomic mass is 32.2. The first-order valence-electron chi connectivity index (χ1n) is 7.83. The molecule has 6 heteroatoms. The van der Waals surface area contributed by atoms with Crippen molar-refractivity contribution in [2.45, 2.75) is 17.9 Å². The van der Waals surface area contributed by atoms with Crippen LogP contribution < -0.4 is 4.80 Å². The van der Waals surface area contributed by atoms with E-state index >= 15 is 0 Å². The number of thioether (sulfide) groups is 1. The van der Waals surface area contributed by atoms with Crippen molar-refractivity contribution < 1.29 is 9.18 Å². The molecule has 0 N–H and O–H groups in total. The largest absolute Gasteiger partial charge is 0.310 e. The Morgan fingerprint density at radius 1 is 1.24 bits per heavy atom. The number of aromatic nitrogens is 1. The zero-order chi connectivity index (χ0) is 17.6. The Bertz CT molecular complexity index is 960. The normalized spacial score (nSPS) is 11.8. The maximum atomic E-state index is 14.1. The minimum atomic E-state index is -0.316. The molecule has 0 saturated heterocycles. The van der Waals surface area contributed by atoms with Gasteiger partial charge in [0.25, 0.3) is 0 Å². The quantitative estimate of drug-likeness (QED) is 0.467. The van der Waals surface area contributed by atoms with E-state index < -0.39 is 0 Å². The summed E-state index contributed by atoms with van der Waals surface area (Å²) in [7, 11) is 0. The van der Waals surface area contributed by atoms with Crippen LogP contribution in [0.1, 0.15) is 6.42 Å². The number of halogens is 1. The number of allylic oxidation sites excluding steroid dienone is 1. The van der Waals surface area contributed by atoms with Gasteiger partial charge in [0.2, 0.25) is 5.91 Å². The van der Waals surface area contributed by atoms with Gasteiger partial charge in [-0.1, -0.05) is 41.7 Å². The Labute approximate surface area is 153 Å². The smallest absolute Gasteiger partial charge is 0.249 e. The molecule has 0 saturated carbocycles. The third-order valence-electron chi connectivity index (χ3n) is 3.51. The van der Waals surface area contributed by atoms with E-state index in [1.807, 2.05) is 36.4 Å². The molecule has 25 heavy (non-hydrogen) atoms. The van der Waals surface area contributed by atoms with Crippen LogP contribution in [0.4, 0.5) is 4.39 Å². The number of amides is 1. The van der Waals surface area contributed by atoms with Crippen LogP contribution >= 0.6 is 23.1 Å². The highest BCUT2D eigenvalue weighted by Crippen LogP contribution is 2.21. The van der Waals surface area contributed by atoms with Crippen LogP contribution in [-0.4, -0.2) is 16.2 Å². The van der Waals surface area contributed by atoms with Crippen LogP contribution in [0.5, 0.6) is 0 Å².